The second-order valence-electron chi connectivity index (χ2n) is 5.66. The zero-order valence-corrected chi connectivity index (χ0v) is 10.2. The van der Waals surface area contributed by atoms with Gasteiger partial charge in [-0.05, 0) is 37.1 Å². The lowest BCUT2D eigenvalue weighted by Crippen LogP contribution is -2.59. The predicted octanol–water partition coefficient (Wildman–Crippen LogP) is 2.14. The summed E-state index contributed by atoms with van der Waals surface area (Å²) in [5.74, 6) is 0.691. The highest BCUT2D eigenvalue weighted by molar-refractivity contribution is 5.00. The molecule has 14 heavy (non-hydrogen) atoms. The van der Waals surface area contributed by atoms with Crippen LogP contribution in [0.5, 0.6) is 0 Å². The third kappa shape index (κ3) is 2.29. The van der Waals surface area contributed by atoms with Crippen LogP contribution in [-0.4, -0.2) is 18.6 Å². The number of nitrogens with two attached hydrogens (primary N) is 1. The maximum absolute atomic E-state index is 5.94. The fourth-order valence-electron chi connectivity index (χ4n) is 2.92. The summed E-state index contributed by atoms with van der Waals surface area (Å²) in [5.41, 5.74) is 6.66. The zero-order chi connectivity index (χ0) is 10.8. The number of nitrogens with one attached hydrogen (secondary N) is 1. The molecular formula is C12H26N2. The Hall–Kier alpha value is -0.0800. The van der Waals surface area contributed by atoms with Gasteiger partial charge < -0.3 is 11.1 Å². The third-order valence-corrected chi connectivity index (χ3v) is 3.94. The van der Waals surface area contributed by atoms with Gasteiger partial charge in [-0.1, -0.05) is 27.7 Å². The maximum Gasteiger partial charge on any atom is 0.0330 e. The van der Waals surface area contributed by atoms with E-state index in [-0.39, 0.29) is 5.54 Å². The van der Waals surface area contributed by atoms with Crippen LogP contribution in [-0.2, 0) is 0 Å². The lowest BCUT2D eigenvalue weighted by molar-refractivity contribution is 0.0805. The first-order chi connectivity index (χ1) is 6.46. The molecule has 2 nitrogen and oxygen atoms in total. The minimum atomic E-state index is 0.213. The molecule has 1 aliphatic rings. The molecule has 0 saturated heterocycles. The maximum atomic E-state index is 5.94. The van der Waals surface area contributed by atoms with Crippen LogP contribution >= 0.6 is 0 Å². The Morgan fingerprint density at radius 1 is 1.36 bits per heavy atom. The first-order valence-electron chi connectivity index (χ1n) is 5.91. The van der Waals surface area contributed by atoms with Crippen molar-refractivity contribution in [3.63, 3.8) is 0 Å². The van der Waals surface area contributed by atoms with Crippen LogP contribution in [0.25, 0.3) is 0 Å². The molecule has 0 heterocycles. The van der Waals surface area contributed by atoms with Crippen molar-refractivity contribution < 1.29 is 0 Å². The third-order valence-electron chi connectivity index (χ3n) is 3.94. The summed E-state index contributed by atoms with van der Waals surface area (Å²) in [6, 6.07) is 0. The average Bonchev–Trinajstić information content (AvgIpc) is 2.10. The zero-order valence-electron chi connectivity index (χ0n) is 10.2. The molecule has 0 aliphatic heterocycles. The summed E-state index contributed by atoms with van der Waals surface area (Å²) < 4.78 is 0. The molecule has 1 rings (SSSR count). The molecule has 2 heteroatoms. The van der Waals surface area contributed by atoms with E-state index in [9.17, 15) is 0 Å². The van der Waals surface area contributed by atoms with E-state index in [1.54, 1.807) is 0 Å². The standard InChI is InChI=1S/C12H26N2/c1-5-14-12(9-13)7-6-11(3,4)8-10(12)2/h10,14H,5-9,13H2,1-4H3. The fourth-order valence-corrected chi connectivity index (χ4v) is 2.92. The predicted molar refractivity (Wildman–Crippen MR) is 62.3 cm³/mol. The van der Waals surface area contributed by atoms with Crippen molar-refractivity contribution in [1.29, 1.82) is 0 Å². The van der Waals surface area contributed by atoms with Crippen molar-refractivity contribution in [3.05, 3.63) is 0 Å². The first-order valence-corrected chi connectivity index (χ1v) is 5.91. The van der Waals surface area contributed by atoms with Crippen LogP contribution in [0.4, 0.5) is 0 Å². The van der Waals surface area contributed by atoms with Gasteiger partial charge in [0.1, 0.15) is 0 Å². The van der Waals surface area contributed by atoms with Gasteiger partial charge in [0.05, 0.1) is 0 Å². The van der Waals surface area contributed by atoms with Crippen LogP contribution in [0.1, 0.15) is 47.0 Å². The lowest BCUT2D eigenvalue weighted by atomic mass is 9.64. The molecule has 84 valence electrons. The van der Waals surface area contributed by atoms with Gasteiger partial charge in [-0.25, -0.2) is 0 Å². The van der Waals surface area contributed by atoms with E-state index < -0.39 is 0 Å². The minimum absolute atomic E-state index is 0.213. The molecular weight excluding hydrogens is 172 g/mol. The molecule has 3 N–H and O–H groups in total. The molecule has 0 aromatic carbocycles. The van der Waals surface area contributed by atoms with Crippen molar-refractivity contribution in [3.8, 4) is 0 Å². The van der Waals surface area contributed by atoms with Gasteiger partial charge in [0.25, 0.3) is 0 Å². The van der Waals surface area contributed by atoms with Crippen LogP contribution in [0.3, 0.4) is 0 Å². The summed E-state index contributed by atoms with van der Waals surface area (Å²) in [6.07, 6.45) is 3.81. The van der Waals surface area contributed by atoms with Crippen LogP contribution in [0, 0.1) is 11.3 Å². The van der Waals surface area contributed by atoms with Crippen molar-refractivity contribution in [2.24, 2.45) is 17.1 Å². The summed E-state index contributed by atoms with van der Waals surface area (Å²) in [5, 5.41) is 3.61. The fraction of sp³-hybridized carbons (Fsp3) is 1.00. The van der Waals surface area contributed by atoms with Gasteiger partial charge in [-0.15, -0.1) is 0 Å². The van der Waals surface area contributed by atoms with E-state index in [1.165, 1.54) is 19.3 Å². The smallest absolute Gasteiger partial charge is 0.0330 e. The van der Waals surface area contributed by atoms with E-state index >= 15 is 0 Å². The average molecular weight is 198 g/mol. The molecule has 1 fully saturated rings. The highest BCUT2D eigenvalue weighted by Gasteiger charge is 2.42. The molecule has 1 saturated carbocycles. The number of likely N-dealkylation sites (N-methyl/N-ethyl adjacent to an activating group) is 1. The molecule has 2 unspecified atom stereocenters. The minimum Gasteiger partial charge on any atom is -0.329 e. The Kier molecular flexibility index (Phi) is 3.59. The number of hydrogen-bond donors (Lipinski definition) is 2. The summed E-state index contributed by atoms with van der Waals surface area (Å²) in [6.45, 7) is 11.1. The molecule has 0 aromatic rings. The summed E-state index contributed by atoms with van der Waals surface area (Å²) in [7, 11) is 0. The topological polar surface area (TPSA) is 38.0 Å². The first kappa shape index (κ1) is 12.0. The summed E-state index contributed by atoms with van der Waals surface area (Å²) in [4.78, 5) is 0. The van der Waals surface area contributed by atoms with Gasteiger partial charge >= 0.3 is 0 Å². The molecule has 0 radical (unpaired) electrons. The molecule has 0 amide bonds. The SMILES string of the molecule is CCNC1(CN)CCC(C)(C)CC1C. The monoisotopic (exact) mass is 198 g/mol. The highest BCUT2D eigenvalue weighted by atomic mass is 15.0. The van der Waals surface area contributed by atoms with Gasteiger partial charge in [0, 0.05) is 12.1 Å². The lowest BCUT2D eigenvalue weighted by Gasteiger charge is -2.48. The molecule has 0 aromatic heterocycles. The van der Waals surface area contributed by atoms with Gasteiger partial charge in [0.2, 0.25) is 0 Å². The van der Waals surface area contributed by atoms with Crippen molar-refractivity contribution in [1.82, 2.24) is 5.32 Å². The van der Waals surface area contributed by atoms with Crippen molar-refractivity contribution in [2.45, 2.75) is 52.5 Å². The van der Waals surface area contributed by atoms with E-state index in [2.05, 4.69) is 33.0 Å². The van der Waals surface area contributed by atoms with Crippen molar-refractivity contribution >= 4 is 0 Å². The van der Waals surface area contributed by atoms with Crippen LogP contribution < -0.4 is 11.1 Å². The molecule has 0 bridgehead atoms. The Morgan fingerprint density at radius 2 is 2.00 bits per heavy atom. The van der Waals surface area contributed by atoms with E-state index in [0.29, 0.717) is 11.3 Å². The van der Waals surface area contributed by atoms with Crippen LogP contribution in [0.2, 0.25) is 0 Å². The second kappa shape index (κ2) is 4.19. The second-order valence-corrected chi connectivity index (χ2v) is 5.66. The van der Waals surface area contributed by atoms with Gasteiger partial charge in [0.15, 0.2) is 0 Å². The van der Waals surface area contributed by atoms with Crippen LogP contribution in [0.15, 0.2) is 0 Å². The molecule has 1 aliphatic carbocycles. The van der Waals surface area contributed by atoms with Gasteiger partial charge in [-0.2, -0.15) is 0 Å². The summed E-state index contributed by atoms with van der Waals surface area (Å²) >= 11 is 0. The Labute approximate surface area is 88.6 Å². The van der Waals surface area contributed by atoms with Crippen molar-refractivity contribution in [2.75, 3.05) is 13.1 Å². The van der Waals surface area contributed by atoms with E-state index in [1.807, 2.05) is 0 Å². The van der Waals surface area contributed by atoms with Gasteiger partial charge in [-0.3, -0.25) is 0 Å². The molecule has 2 atom stereocenters. The Morgan fingerprint density at radius 3 is 2.43 bits per heavy atom. The Bertz CT molecular complexity index is 189. The highest BCUT2D eigenvalue weighted by Crippen LogP contribution is 2.43. The molecule has 0 spiro atoms. The number of rotatable bonds is 3. The van der Waals surface area contributed by atoms with E-state index in [0.717, 1.165) is 13.1 Å². The Balaban J connectivity index is 2.71. The largest absolute Gasteiger partial charge is 0.329 e. The number of hydrogen-bond acceptors (Lipinski definition) is 2. The quantitative estimate of drug-likeness (QED) is 0.729. The normalized spacial score (nSPS) is 37.1. The van der Waals surface area contributed by atoms with E-state index in [4.69, 9.17) is 5.73 Å².